The third-order valence-electron chi connectivity index (χ3n) is 4.86. The van der Waals surface area contributed by atoms with Gasteiger partial charge in [-0.2, -0.15) is 0 Å². The second-order valence-electron chi connectivity index (χ2n) is 6.23. The molecule has 2 nitrogen and oxygen atoms in total. The van der Waals surface area contributed by atoms with E-state index in [1.165, 1.54) is 48.8 Å². The van der Waals surface area contributed by atoms with Crippen LogP contribution in [0.3, 0.4) is 0 Å². The molecule has 1 aromatic carbocycles. The summed E-state index contributed by atoms with van der Waals surface area (Å²) in [6, 6.07) is 6.71. The van der Waals surface area contributed by atoms with Crippen LogP contribution in [-0.2, 0) is 4.79 Å². The lowest BCUT2D eigenvalue weighted by Gasteiger charge is -2.30. The van der Waals surface area contributed by atoms with Gasteiger partial charge in [0.1, 0.15) is 0 Å². The van der Waals surface area contributed by atoms with E-state index in [-0.39, 0.29) is 5.91 Å². The molecule has 0 saturated heterocycles. The van der Waals surface area contributed by atoms with Gasteiger partial charge in [0.25, 0.3) is 0 Å². The van der Waals surface area contributed by atoms with Crippen LogP contribution in [0.1, 0.15) is 61.1 Å². The molecule has 0 aliphatic heterocycles. The van der Waals surface area contributed by atoms with Gasteiger partial charge in [0, 0.05) is 13.5 Å². The summed E-state index contributed by atoms with van der Waals surface area (Å²) < 4.78 is 0. The molecule has 0 heterocycles. The first kappa shape index (κ1) is 15.1. The molecule has 1 aromatic rings. The van der Waals surface area contributed by atoms with Crippen molar-refractivity contribution in [3.05, 3.63) is 34.9 Å². The zero-order valence-electron chi connectivity index (χ0n) is 13.0. The Kier molecular flexibility index (Phi) is 5.22. The molecule has 0 spiro atoms. The molecule has 110 valence electrons. The van der Waals surface area contributed by atoms with E-state index in [9.17, 15) is 4.79 Å². The molecule has 1 aliphatic rings. The van der Waals surface area contributed by atoms with Crippen LogP contribution in [0.5, 0.6) is 0 Å². The minimum absolute atomic E-state index is 0.166. The van der Waals surface area contributed by atoms with Crippen LogP contribution in [0.15, 0.2) is 18.2 Å². The van der Waals surface area contributed by atoms with Crippen molar-refractivity contribution in [2.75, 3.05) is 7.05 Å². The highest BCUT2D eigenvalue weighted by Gasteiger charge is 2.27. The maximum atomic E-state index is 11.9. The fourth-order valence-corrected chi connectivity index (χ4v) is 3.39. The SMILES string of the molecule is CNC(=O)CC(c1ccc(C)c(C)c1)C1CCCCC1. The minimum Gasteiger partial charge on any atom is -0.359 e. The molecule has 1 N–H and O–H groups in total. The molecule has 2 heteroatoms. The van der Waals surface area contributed by atoms with Crippen LogP contribution in [0.4, 0.5) is 0 Å². The highest BCUT2D eigenvalue weighted by Crippen LogP contribution is 2.38. The van der Waals surface area contributed by atoms with Crippen molar-refractivity contribution in [2.24, 2.45) is 5.92 Å². The van der Waals surface area contributed by atoms with Gasteiger partial charge in [-0.15, -0.1) is 0 Å². The lowest BCUT2D eigenvalue weighted by Crippen LogP contribution is -2.25. The summed E-state index contributed by atoms with van der Waals surface area (Å²) in [5.74, 6) is 1.22. The number of aryl methyl sites for hydroxylation is 2. The minimum atomic E-state index is 0.166. The van der Waals surface area contributed by atoms with Gasteiger partial charge >= 0.3 is 0 Å². The number of carbonyl (C=O) groups is 1. The van der Waals surface area contributed by atoms with Gasteiger partial charge in [0.2, 0.25) is 5.91 Å². The first-order valence-electron chi connectivity index (χ1n) is 7.89. The number of benzene rings is 1. The van der Waals surface area contributed by atoms with Crippen molar-refractivity contribution >= 4 is 5.91 Å². The predicted octanol–water partition coefficient (Wildman–Crippen LogP) is 4.10. The Bertz CT molecular complexity index is 460. The number of amides is 1. The average molecular weight is 273 g/mol. The zero-order chi connectivity index (χ0) is 14.5. The van der Waals surface area contributed by atoms with Crippen LogP contribution in [-0.4, -0.2) is 13.0 Å². The number of rotatable bonds is 4. The third-order valence-corrected chi connectivity index (χ3v) is 4.86. The quantitative estimate of drug-likeness (QED) is 0.879. The molecule has 1 saturated carbocycles. The first-order chi connectivity index (χ1) is 9.61. The number of carbonyl (C=O) groups excluding carboxylic acids is 1. The zero-order valence-corrected chi connectivity index (χ0v) is 13.0. The van der Waals surface area contributed by atoms with Crippen LogP contribution >= 0.6 is 0 Å². The van der Waals surface area contributed by atoms with Crippen molar-refractivity contribution in [3.63, 3.8) is 0 Å². The summed E-state index contributed by atoms with van der Waals surface area (Å²) in [6.45, 7) is 4.31. The summed E-state index contributed by atoms with van der Waals surface area (Å²) in [4.78, 5) is 11.9. The van der Waals surface area contributed by atoms with Crippen molar-refractivity contribution in [3.8, 4) is 0 Å². The Balaban J connectivity index is 2.23. The van der Waals surface area contributed by atoms with E-state index in [4.69, 9.17) is 0 Å². The fraction of sp³-hybridized carbons (Fsp3) is 0.611. The van der Waals surface area contributed by atoms with E-state index in [1.54, 1.807) is 7.05 Å². The number of nitrogens with one attached hydrogen (secondary N) is 1. The number of hydrogen-bond donors (Lipinski definition) is 1. The van der Waals surface area contributed by atoms with E-state index in [0.29, 0.717) is 18.3 Å². The fourth-order valence-electron chi connectivity index (χ4n) is 3.39. The van der Waals surface area contributed by atoms with Crippen molar-refractivity contribution in [1.29, 1.82) is 0 Å². The lowest BCUT2D eigenvalue weighted by atomic mass is 9.75. The first-order valence-corrected chi connectivity index (χ1v) is 7.89. The Morgan fingerprint density at radius 3 is 2.50 bits per heavy atom. The molecule has 2 rings (SSSR count). The normalized spacial score (nSPS) is 17.8. The summed E-state index contributed by atoms with van der Waals surface area (Å²) in [5.41, 5.74) is 4.01. The summed E-state index contributed by atoms with van der Waals surface area (Å²) in [5, 5.41) is 2.79. The van der Waals surface area contributed by atoms with Crippen molar-refractivity contribution in [1.82, 2.24) is 5.32 Å². The van der Waals surface area contributed by atoms with Gasteiger partial charge in [-0.1, -0.05) is 37.5 Å². The average Bonchev–Trinajstić information content (AvgIpc) is 2.48. The Morgan fingerprint density at radius 2 is 1.90 bits per heavy atom. The molecule has 1 amide bonds. The third kappa shape index (κ3) is 3.62. The largest absolute Gasteiger partial charge is 0.359 e. The van der Waals surface area contributed by atoms with Crippen molar-refractivity contribution in [2.45, 2.75) is 58.3 Å². The molecule has 1 atom stereocenters. The van der Waals surface area contributed by atoms with E-state index < -0.39 is 0 Å². The van der Waals surface area contributed by atoms with Gasteiger partial charge in [0.15, 0.2) is 0 Å². The van der Waals surface area contributed by atoms with Crippen LogP contribution < -0.4 is 5.32 Å². The molecule has 1 unspecified atom stereocenters. The standard InChI is InChI=1S/C18H27NO/c1-13-9-10-16(11-14(13)2)17(12-18(20)19-3)15-7-5-4-6-8-15/h9-11,15,17H,4-8,12H2,1-3H3,(H,19,20). The molecule has 0 radical (unpaired) electrons. The second kappa shape index (κ2) is 6.92. The van der Waals surface area contributed by atoms with Gasteiger partial charge in [-0.05, 0) is 55.2 Å². The second-order valence-corrected chi connectivity index (χ2v) is 6.23. The Morgan fingerprint density at radius 1 is 1.20 bits per heavy atom. The molecular formula is C18H27NO. The van der Waals surface area contributed by atoms with Gasteiger partial charge in [0.05, 0.1) is 0 Å². The summed E-state index contributed by atoms with van der Waals surface area (Å²) in [7, 11) is 1.74. The highest BCUT2D eigenvalue weighted by molar-refractivity contribution is 5.76. The smallest absolute Gasteiger partial charge is 0.220 e. The maximum absolute atomic E-state index is 11.9. The number of hydrogen-bond acceptors (Lipinski definition) is 1. The topological polar surface area (TPSA) is 29.1 Å². The highest BCUT2D eigenvalue weighted by atomic mass is 16.1. The maximum Gasteiger partial charge on any atom is 0.220 e. The van der Waals surface area contributed by atoms with E-state index >= 15 is 0 Å². The summed E-state index contributed by atoms with van der Waals surface area (Å²) in [6.07, 6.45) is 7.17. The molecule has 20 heavy (non-hydrogen) atoms. The van der Waals surface area contributed by atoms with E-state index in [1.807, 2.05) is 0 Å². The van der Waals surface area contributed by atoms with Crippen molar-refractivity contribution < 1.29 is 4.79 Å². The van der Waals surface area contributed by atoms with Crippen LogP contribution in [0, 0.1) is 19.8 Å². The lowest BCUT2D eigenvalue weighted by molar-refractivity contribution is -0.121. The van der Waals surface area contributed by atoms with Crippen LogP contribution in [0.25, 0.3) is 0 Å². The van der Waals surface area contributed by atoms with E-state index in [0.717, 1.165) is 0 Å². The monoisotopic (exact) mass is 273 g/mol. The van der Waals surface area contributed by atoms with Gasteiger partial charge in [-0.3, -0.25) is 4.79 Å². The molecule has 1 fully saturated rings. The predicted molar refractivity (Wildman–Crippen MR) is 83.9 cm³/mol. The van der Waals surface area contributed by atoms with Crippen LogP contribution in [0.2, 0.25) is 0 Å². The molecular weight excluding hydrogens is 246 g/mol. The van der Waals surface area contributed by atoms with Gasteiger partial charge < -0.3 is 5.32 Å². The molecule has 0 aromatic heterocycles. The van der Waals surface area contributed by atoms with E-state index in [2.05, 4.69) is 37.4 Å². The Labute approximate surface area is 123 Å². The molecule has 0 bridgehead atoms. The Hall–Kier alpha value is -1.31. The molecule has 1 aliphatic carbocycles. The van der Waals surface area contributed by atoms with Gasteiger partial charge in [-0.25, -0.2) is 0 Å². The summed E-state index contributed by atoms with van der Waals surface area (Å²) >= 11 is 0.